The zero-order valence-corrected chi connectivity index (χ0v) is 14.9. The van der Waals surface area contributed by atoms with E-state index >= 15 is 0 Å². The van der Waals surface area contributed by atoms with E-state index in [2.05, 4.69) is 42.4 Å². The third-order valence-electron chi connectivity index (χ3n) is 4.30. The molecule has 0 N–H and O–H groups in total. The summed E-state index contributed by atoms with van der Waals surface area (Å²) in [6.07, 6.45) is 10.2. The molecule has 0 aliphatic rings. The average Bonchev–Trinajstić information content (AvgIpc) is 3.16. The quantitative estimate of drug-likeness (QED) is 0.456. The molecule has 3 nitrogen and oxygen atoms in total. The van der Waals surface area contributed by atoms with Crippen LogP contribution in [0.2, 0.25) is 0 Å². The van der Waals surface area contributed by atoms with Gasteiger partial charge in [0.2, 0.25) is 0 Å². The molecular formula is C22H26N2O. The molecule has 3 heteroatoms. The lowest BCUT2D eigenvalue weighted by atomic mass is 10.2. The zero-order valence-electron chi connectivity index (χ0n) is 14.9. The number of imidazole rings is 1. The fraction of sp³-hybridized carbons (Fsp3) is 0.318. The van der Waals surface area contributed by atoms with Crippen LogP contribution in [0.15, 0.2) is 67.1 Å². The Morgan fingerprint density at radius 2 is 1.64 bits per heavy atom. The van der Waals surface area contributed by atoms with Crippen molar-refractivity contribution in [2.45, 2.75) is 39.0 Å². The molecule has 0 unspecified atom stereocenters. The third kappa shape index (κ3) is 4.96. The van der Waals surface area contributed by atoms with E-state index in [4.69, 9.17) is 4.74 Å². The third-order valence-corrected chi connectivity index (χ3v) is 4.30. The number of hydrogen-bond acceptors (Lipinski definition) is 2. The highest BCUT2D eigenvalue weighted by molar-refractivity contribution is 5.58. The zero-order chi connectivity index (χ0) is 17.3. The summed E-state index contributed by atoms with van der Waals surface area (Å²) in [6.45, 7) is 3.04. The molecule has 3 aromatic rings. The van der Waals surface area contributed by atoms with E-state index in [0.29, 0.717) is 0 Å². The molecule has 0 radical (unpaired) electrons. The van der Waals surface area contributed by atoms with Gasteiger partial charge in [-0.25, -0.2) is 4.98 Å². The van der Waals surface area contributed by atoms with Gasteiger partial charge in [-0.2, -0.15) is 0 Å². The molecule has 0 aliphatic carbocycles. The Bertz CT molecular complexity index is 747. The summed E-state index contributed by atoms with van der Waals surface area (Å²) in [5.74, 6) is 0.933. The summed E-state index contributed by atoms with van der Waals surface area (Å²) in [7, 11) is 0. The van der Waals surface area contributed by atoms with Gasteiger partial charge in [-0.1, -0.05) is 62.9 Å². The minimum atomic E-state index is 0.798. The summed E-state index contributed by atoms with van der Waals surface area (Å²) < 4.78 is 7.87. The van der Waals surface area contributed by atoms with Gasteiger partial charge in [-0.15, -0.1) is 0 Å². The van der Waals surface area contributed by atoms with Crippen molar-refractivity contribution in [2.75, 3.05) is 6.61 Å². The van der Waals surface area contributed by atoms with Crippen LogP contribution in [0.25, 0.3) is 16.9 Å². The Hall–Kier alpha value is -2.55. The van der Waals surface area contributed by atoms with E-state index < -0.39 is 0 Å². The first-order valence-corrected chi connectivity index (χ1v) is 9.19. The fourth-order valence-electron chi connectivity index (χ4n) is 2.83. The second-order valence-electron chi connectivity index (χ2n) is 6.29. The van der Waals surface area contributed by atoms with Gasteiger partial charge >= 0.3 is 0 Å². The first-order chi connectivity index (χ1) is 12.4. The summed E-state index contributed by atoms with van der Waals surface area (Å²) in [5, 5.41) is 0. The van der Waals surface area contributed by atoms with Crippen molar-refractivity contribution in [1.29, 1.82) is 0 Å². The molecule has 0 saturated carbocycles. The van der Waals surface area contributed by atoms with Gasteiger partial charge in [0.05, 0.1) is 18.6 Å². The molecule has 0 atom stereocenters. The van der Waals surface area contributed by atoms with E-state index in [9.17, 15) is 0 Å². The van der Waals surface area contributed by atoms with Crippen LogP contribution in [-0.2, 0) is 0 Å². The first-order valence-electron chi connectivity index (χ1n) is 9.19. The van der Waals surface area contributed by atoms with Crippen LogP contribution in [0.5, 0.6) is 5.75 Å². The molecule has 3 rings (SSSR count). The van der Waals surface area contributed by atoms with Crippen LogP contribution in [0, 0.1) is 0 Å². The highest BCUT2D eigenvalue weighted by Crippen LogP contribution is 2.20. The predicted octanol–water partition coefficient (Wildman–Crippen LogP) is 5.89. The molecule has 0 aliphatic heterocycles. The highest BCUT2D eigenvalue weighted by atomic mass is 16.5. The fourth-order valence-corrected chi connectivity index (χ4v) is 2.83. The van der Waals surface area contributed by atoms with Crippen molar-refractivity contribution in [3.05, 3.63) is 67.1 Å². The summed E-state index contributed by atoms with van der Waals surface area (Å²) in [5.41, 5.74) is 3.20. The Kier molecular flexibility index (Phi) is 6.27. The van der Waals surface area contributed by atoms with Crippen LogP contribution in [0.1, 0.15) is 39.0 Å². The van der Waals surface area contributed by atoms with Gasteiger partial charge in [-0.05, 0) is 30.7 Å². The molecule has 0 spiro atoms. The number of ether oxygens (including phenoxy) is 1. The number of hydrogen-bond donors (Lipinski definition) is 0. The topological polar surface area (TPSA) is 27.1 Å². The number of nitrogens with zero attached hydrogens (tertiary/aromatic N) is 2. The Morgan fingerprint density at radius 3 is 2.40 bits per heavy atom. The molecule has 0 fully saturated rings. The minimum Gasteiger partial charge on any atom is -0.494 e. The maximum absolute atomic E-state index is 5.83. The van der Waals surface area contributed by atoms with E-state index in [1.54, 1.807) is 0 Å². The Labute approximate surface area is 150 Å². The normalized spacial score (nSPS) is 10.8. The molecular weight excluding hydrogens is 308 g/mol. The molecule has 0 amide bonds. The van der Waals surface area contributed by atoms with Crippen molar-refractivity contribution in [2.24, 2.45) is 0 Å². The minimum absolute atomic E-state index is 0.798. The smallest absolute Gasteiger partial charge is 0.119 e. The van der Waals surface area contributed by atoms with Gasteiger partial charge in [0, 0.05) is 17.4 Å². The molecule has 0 saturated heterocycles. The first kappa shape index (κ1) is 17.3. The van der Waals surface area contributed by atoms with Gasteiger partial charge in [-0.3, -0.25) is 0 Å². The SMILES string of the molecule is CCCCCCCOc1ccc(-n2cnc(-c3ccccc3)c2)cc1. The summed E-state index contributed by atoms with van der Waals surface area (Å²) >= 11 is 0. The molecule has 1 heterocycles. The highest BCUT2D eigenvalue weighted by Gasteiger charge is 2.03. The number of unbranched alkanes of at least 4 members (excludes halogenated alkanes) is 4. The summed E-state index contributed by atoms with van der Waals surface area (Å²) in [6, 6.07) is 18.4. The van der Waals surface area contributed by atoms with Crippen molar-refractivity contribution in [3.8, 4) is 22.7 Å². The van der Waals surface area contributed by atoms with E-state index in [1.807, 2.05) is 41.2 Å². The number of aromatic nitrogens is 2. The number of rotatable bonds is 9. The lowest BCUT2D eigenvalue weighted by molar-refractivity contribution is 0.304. The van der Waals surface area contributed by atoms with Crippen molar-refractivity contribution < 1.29 is 4.74 Å². The maximum Gasteiger partial charge on any atom is 0.119 e. The Morgan fingerprint density at radius 1 is 0.880 bits per heavy atom. The van der Waals surface area contributed by atoms with Crippen LogP contribution < -0.4 is 4.74 Å². The van der Waals surface area contributed by atoms with Gasteiger partial charge in [0.25, 0.3) is 0 Å². The van der Waals surface area contributed by atoms with Crippen molar-refractivity contribution in [1.82, 2.24) is 9.55 Å². The van der Waals surface area contributed by atoms with Crippen LogP contribution in [-0.4, -0.2) is 16.2 Å². The second-order valence-corrected chi connectivity index (χ2v) is 6.29. The second kappa shape index (κ2) is 9.07. The van der Waals surface area contributed by atoms with Gasteiger partial charge in [0.1, 0.15) is 5.75 Å². The van der Waals surface area contributed by atoms with Crippen molar-refractivity contribution in [3.63, 3.8) is 0 Å². The van der Waals surface area contributed by atoms with Gasteiger partial charge < -0.3 is 9.30 Å². The molecule has 1 aromatic heterocycles. The summed E-state index contributed by atoms with van der Waals surface area (Å²) in [4.78, 5) is 4.50. The van der Waals surface area contributed by atoms with Crippen LogP contribution in [0.4, 0.5) is 0 Å². The molecule has 130 valence electrons. The lowest BCUT2D eigenvalue weighted by Crippen LogP contribution is -1.97. The van der Waals surface area contributed by atoms with Crippen LogP contribution >= 0.6 is 0 Å². The molecule has 25 heavy (non-hydrogen) atoms. The average molecular weight is 334 g/mol. The molecule has 2 aromatic carbocycles. The number of benzene rings is 2. The monoisotopic (exact) mass is 334 g/mol. The van der Waals surface area contributed by atoms with E-state index in [0.717, 1.165) is 35.7 Å². The largest absolute Gasteiger partial charge is 0.494 e. The van der Waals surface area contributed by atoms with E-state index in [1.165, 1.54) is 25.7 Å². The maximum atomic E-state index is 5.83. The van der Waals surface area contributed by atoms with Crippen molar-refractivity contribution >= 4 is 0 Å². The lowest BCUT2D eigenvalue weighted by Gasteiger charge is -2.07. The van der Waals surface area contributed by atoms with Crippen LogP contribution in [0.3, 0.4) is 0 Å². The Balaban J connectivity index is 1.55. The molecule has 0 bridgehead atoms. The van der Waals surface area contributed by atoms with E-state index in [-0.39, 0.29) is 0 Å². The van der Waals surface area contributed by atoms with Gasteiger partial charge in [0.15, 0.2) is 0 Å². The predicted molar refractivity (Wildman–Crippen MR) is 103 cm³/mol. The standard InChI is InChI=1S/C22H26N2O/c1-2-3-4-5-9-16-25-21-14-12-20(13-15-21)24-17-22(23-18-24)19-10-7-6-8-11-19/h6-8,10-15,17-18H,2-5,9,16H2,1H3.